The van der Waals surface area contributed by atoms with Crippen LogP contribution in [0.4, 0.5) is 8.78 Å². The first-order valence-electron chi connectivity index (χ1n) is 8.77. The van der Waals surface area contributed by atoms with Crippen LogP contribution >= 0.6 is 0 Å². The molecule has 27 heavy (non-hydrogen) atoms. The average molecular weight is 397 g/mol. The van der Waals surface area contributed by atoms with Gasteiger partial charge in [0.15, 0.2) is 4.90 Å². The lowest BCUT2D eigenvalue weighted by molar-refractivity contribution is -0.917. The van der Waals surface area contributed by atoms with Crippen molar-refractivity contribution < 1.29 is 27.2 Å². The quantitative estimate of drug-likeness (QED) is 0.820. The van der Waals surface area contributed by atoms with Gasteiger partial charge in [-0.15, -0.1) is 0 Å². The van der Waals surface area contributed by atoms with Gasteiger partial charge < -0.3 is 10.0 Å². The van der Waals surface area contributed by atoms with E-state index in [0.29, 0.717) is 19.6 Å². The van der Waals surface area contributed by atoms with Crippen LogP contribution in [0.3, 0.4) is 0 Å². The van der Waals surface area contributed by atoms with Crippen LogP contribution in [0, 0.1) is 25.5 Å². The fraction of sp³-hybridized carbons (Fsp3) is 0.368. The molecular formula is C19H23F2N2O3S+. The zero-order valence-corrected chi connectivity index (χ0v) is 16.1. The zero-order chi connectivity index (χ0) is 19.8. The largest absolute Gasteiger partial charge is 0.507 e. The predicted molar refractivity (Wildman–Crippen MR) is 97.1 cm³/mol. The molecule has 1 aliphatic rings. The van der Waals surface area contributed by atoms with Crippen molar-refractivity contribution in [2.75, 3.05) is 26.2 Å². The number of quaternary nitrogens is 1. The highest BCUT2D eigenvalue weighted by Gasteiger charge is 2.34. The number of hydrogen-bond acceptors (Lipinski definition) is 3. The molecular weight excluding hydrogens is 374 g/mol. The van der Waals surface area contributed by atoms with Crippen LogP contribution in [0.1, 0.15) is 16.7 Å². The van der Waals surface area contributed by atoms with Gasteiger partial charge in [0.25, 0.3) is 0 Å². The smallest absolute Gasteiger partial charge is 0.249 e. The van der Waals surface area contributed by atoms with Gasteiger partial charge in [0, 0.05) is 5.56 Å². The first-order valence-corrected chi connectivity index (χ1v) is 10.2. The van der Waals surface area contributed by atoms with E-state index in [1.165, 1.54) is 0 Å². The Balaban J connectivity index is 1.71. The Morgan fingerprint density at radius 1 is 1.07 bits per heavy atom. The Hall–Kier alpha value is -2.03. The molecule has 0 unspecified atom stereocenters. The molecule has 0 amide bonds. The van der Waals surface area contributed by atoms with Crippen LogP contribution in [0.5, 0.6) is 5.75 Å². The van der Waals surface area contributed by atoms with Crippen LogP contribution in [0.2, 0.25) is 0 Å². The molecule has 8 heteroatoms. The summed E-state index contributed by atoms with van der Waals surface area (Å²) in [5, 5.41) is 10.1. The lowest BCUT2D eigenvalue weighted by atomic mass is 10.0. The highest BCUT2D eigenvalue weighted by molar-refractivity contribution is 7.89. The van der Waals surface area contributed by atoms with Gasteiger partial charge in [-0.3, -0.25) is 0 Å². The molecule has 146 valence electrons. The minimum Gasteiger partial charge on any atom is -0.507 e. The molecule has 5 nitrogen and oxygen atoms in total. The zero-order valence-electron chi connectivity index (χ0n) is 15.3. The Bertz CT molecular complexity index is 935. The standard InChI is InChI=1S/C19H22F2N2O3S/c1-13-10-15(18(24)11-14(13)2)12-22-6-8-23(9-7-22)27(25,26)19-16(20)4-3-5-17(19)21/h3-5,10-11,24H,6-9,12H2,1-2H3/p+1. The summed E-state index contributed by atoms with van der Waals surface area (Å²) in [5.74, 6) is -1.93. The van der Waals surface area contributed by atoms with Crippen molar-refractivity contribution in [2.24, 2.45) is 0 Å². The second-order valence-electron chi connectivity index (χ2n) is 6.95. The maximum absolute atomic E-state index is 13.9. The Morgan fingerprint density at radius 3 is 2.22 bits per heavy atom. The summed E-state index contributed by atoms with van der Waals surface area (Å²) in [6.07, 6.45) is 0. The third kappa shape index (κ3) is 3.97. The molecule has 2 N–H and O–H groups in total. The summed E-state index contributed by atoms with van der Waals surface area (Å²) < 4.78 is 54.2. The summed E-state index contributed by atoms with van der Waals surface area (Å²) in [6, 6.07) is 6.70. The number of piperazine rings is 1. The fourth-order valence-corrected chi connectivity index (χ4v) is 4.90. The average Bonchev–Trinajstić information content (AvgIpc) is 2.60. The SMILES string of the molecule is Cc1cc(O)c(C[NH+]2CCN(S(=O)(=O)c3c(F)cccc3F)CC2)cc1C. The molecule has 2 aromatic carbocycles. The molecule has 1 fully saturated rings. The lowest BCUT2D eigenvalue weighted by Gasteiger charge is -2.31. The van der Waals surface area contributed by atoms with E-state index in [9.17, 15) is 22.3 Å². The van der Waals surface area contributed by atoms with Crippen molar-refractivity contribution >= 4 is 10.0 Å². The number of halogens is 2. The second-order valence-corrected chi connectivity index (χ2v) is 8.82. The molecule has 1 aliphatic heterocycles. The van der Waals surface area contributed by atoms with E-state index in [1.807, 2.05) is 19.9 Å². The maximum atomic E-state index is 13.9. The molecule has 0 aliphatic carbocycles. The number of aryl methyl sites for hydroxylation is 2. The van der Waals surface area contributed by atoms with Crippen molar-refractivity contribution in [3.8, 4) is 5.75 Å². The number of nitrogens with zero attached hydrogens (tertiary/aromatic N) is 1. The molecule has 0 spiro atoms. The Morgan fingerprint density at radius 2 is 1.63 bits per heavy atom. The minimum atomic E-state index is -4.22. The second kappa shape index (κ2) is 7.53. The fourth-order valence-electron chi connectivity index (χ4n) is 3.35. The number of hydrogen-bond donors (Lipinski definition) is 2. The van der Waals surface area contributed by atoms with Gasteiger partial charge in [0.05, 0.1) is 26.2 Å². The first kappa shape index (κ1) is 19.7. The molecule has 0 saturated carbocycles. The number of phenolic OH excluding ortho intramolecular Hbond substituents is 1. The van der Waals surface area contributed by atoms with Crippen LogP contribution < -0.4 is 4.90 Å². The van der Waals surface area contributed by atoms with Gasteiger partial charge in [-0.1, -0.05) is 6.07 Å². The maximum Gasteiger partial charge on any atom is 0.249 e. The molecule has 2 aromatic rings. The van der Waals surface area contributed by atoms with E-state index in [1.54, 1.807) is 6.07 Å². The summed E-state index contributed by atoms with van der Waals surface area (Å²) >= 11 is 0. The van der Waals surface area contributed by atoms with Crippen LogP contribution in [-0.2, 0) is 16.6 Å². The molecule has 0 aromatic heterocycles. The normalized spacial score (nSPS) is 16.6. The number of aromatic hydroxyl groups is 1. The molecule has 0 atom stereocenters. The summed E-state index contributed by atoms with van der Waals surface area (Å²) in [7, 11) is -4.22. The van der Waals surface area contributed by atoms with Crippen LogP contribution in [-0.4, -0.2) is 44.0 Å². The van der Waals surface area contributed by atoms with Gasteiger partial charge in [-0.05, 0) is 49.2 Å². The van der Waals surface area contributed by atoms with Crippen LogP contribution in [0.25, 0.3) is 0 Å². The first-order chi connectivity index (χ1) is 12.7. The van der Waals surface area contributed by atoms with Gasteiger partial charge in [-0.2, -0.15) is 4.31 Å². The summed E-state index contributed by atoms with van der Waals surface area (Å²) in [4.78, 5) is 0.217. The summed E-state index contributed by atoms with van der Waals surface area (Å²) in [6.45, 7) is 5.77. The topological polar surface area (TPSA) is 62.1 Å². The third-order valence-electron chi connectivity index (χ3n) is 5.08. The highest BCUT2D eigenvalue weighted by atomic mass is 32.2. The Kier molecular flexibility index (Phi) is 5.50. The van der Waals surface area contributed by atoms with Gasteiger partial charge in [0.2, 0.25) is 10.0 Å². The van der Waals surface area contributed by atoms with E-state index in [-0.39, 0.29) is 18.8 Å². The number of phenols is 1. The van der Waals surface area contributed by atoms with Gasteiger partial charge in [0.1, 0.15) is 23.9 Å². The van der Waals surface area contributed by atoms with Crippen molar-refractivity contribution in [1.29, 1.82) is 0 Å². The van der Waals surface area contributed by atoms with E-state index >= 15 is 0 Å². The van der Waals surface area contributed by atoms with Gasteiger partial charge in [-0.25, -0.2) is 17.2 Å². The predicted octanol–water partition coefficient (Wildman–Crippen LogP) is 1.38. The summed E-state index contributed by atoms with van der Waals surface area (Å²) in [5.41, 5.74) is 2.90. The number of benzene rings is 2. The van der Waals surface area contributed by atoms with Crippen molar-refractivity contribution in [1.82, 2.24) is 4.31 Å². The van der Waals surface area contributed by atoms with E-state index < -0.39 is 26.6 Å². The highest BCUT2D eigenvalue weighted by Crippen LogP contribution is 2.23. The number of rotatable bonds is 4. The van der Waals surface area contributed by atoms with Crippen LogP contribution in [0.15, 0.2) is 35.2 Å². The molecule has 1 heterocycles. The molecule has 3 rings (SSSR count). The molecule has 0 bridgehead atoms. The monoisotopic (exact) mass is 397 g/mol. The number of nitrogens with one attached hydrogen (secondary N) is 1. The van der Waals surface area contributed by atoms with Crippen molar-refractivity contribution in [2.45, 2.75) is 25.3 Å². The molecule has 0 radical (unpaired) electrons. The minimum absolute atomic E-state index is 0.164. The van der Waals surface area contributed by atoms with E-state index in [2.05, 4.69) is 0 Å². The number of sulfonamides is 1. The Labute approximate surface area is 157 Å². The van der Waals surface area contributed by atoms with Crippen molar-refractivity contribution in [3.05, 3.63) is 58.7 Å². The van der Waals surface area contributed by atoms with E-state index in [4.69, 9.17) is 0 Å². The third-order valence-corrected chi connectivity index (χ3v) is 7.03. The molecule has 1 saturated heterocycles. The van der Waals surface area contributed by atoms with Crippen molar-refractivity contribution in [3.63, 3.8) is 0 Å². The van der Waals surface area contributed by atoms with Gasteiger partial charge >= 0.3 is 0 Å². The van der Waals surface area contributed by atoms with E-state index in [0.717, 1.165) is 44.1 Å². The lowest BCUT2D eigenvalue weighted by Crippen LogP contribution is -3.13.